The Kier molecular flexibility index (Phi) is 5.57. The zero-order chi connectivity index (χ0) is 19.2. The summed E-state index contributed by atoms with van der Waals surface area (Å²) in [6, 6.07) is 29.8. The predicted molar refractivity (Wildman–Crippen MR) is 116 cm³/mol. The molecule has 0 saturated heterocycles. The number of ether oxygens (including phenoxy) is 1. The van der Waals surface area contributed by atoms with Crippen LogP contribution in [0.1, 0.15) is 16.7 Å². The van der Waals surface area contributed by atoms with Crippen LogP contribution in [0.2, 0.25) is 0 Å². The lowest BCUT2D eigenvalue weighted by Crippen LogP contribution is -2.14. The van der Waals surface area contributed by atoms with Gasteiger partial charge in [0.15, 0.2) is 7.29 Å². The molecular weight excluding hydrogens is 365 g/mol. The molecule has 0 radical (unpaired) electrons. The molecule has 0 bridgehead atoms. The molecule has 0 unspecified atom stereocenters. The lowest BCUT2D eigenvalue weighted by atomic mass is 10.2. The Morgan fingerprint density at radius 2 is 1.14 bits per heavy atom. The molecule has 0 spiro atoms. The summed E-state index contributed by atoms with van der Waals surface area (Å²) in [4.78, 5) is 0. The van der Waals surface area contributed by atoms with Crippen molar-refractivity contribution in [2.24, 2.45) is 0 Å². The molecule has 3 aromatic carbocycles. The van der Waals surface area contributed by atoms with E-state index < -0.39 is 7.29 Å². The Morgan fingerprint density at radius 3 is 1.64 bits per heavy atom. The second-order valence-corrected chi connectivity index (χ2v) is 8.93. The molecule has 1 N–H and O–H groups in total. The van der Waals surface area contributed by atoms with E-state index >= 15 is 0 Å². The van der Waals surface area contributed by atoms with Gasteiger partial charge in [0.2, 0.25) is 0 Å². The van der Waals surface area contributed by atoms with Crippen molar-refractivity contribution >= 4 is 18.8 Å². The maximum Gasteiger partial charge on any atom is 0.198 e. The number of hydrogen-bond acceptors (Lipinski definition) is 2. The van der Waals surface area contributed by atoms with E-state index in [4.69, 9.17) is 4.74 Å². The Morgan fingerprint density at radius 1 is 0.679 bits per heavy atom. The van der Waals surface area contributed by atoms with E-state index in [2.05, 4.69) is 17.2 Å². The molecule has 1 aliphatic heterocycles. The van der Waals surface area contributed by atoms with Crippen LogP contribution in [0.15, 0.2) is 103 Å². The Balaban J connectivity index is 1.61. The van der Waals surface area contributed by atoms with Gasteiger partial charge in [-0.15, -0.1) is 0 Å². The van der Waals surface area contributed by atoms with Gasteiger partial charge in [-0.05, 0) is 12.0 Å². The Hall–Kier alpha value is -2.87. The summed E-state index contributed by atoms with van der Waals surface area (Å²) in [6.45, 7) is 0.623. The molecule has 3 nitrogen and oxygen atoms in total. The monoisotopic (exact) mass is 387 g/mol. The molecule has 0 aromatic heterocycles. The van der Waals surface area contributed by atoms with E-state index in [0.29, 0.717) is 18.1 Å². The molecule has 0 atom stereocenters. The number of hydrogen-bond donors (Lipinski definition) is 1. The zero-order valence-electron chi connectivity index (χ0n) is 15.5. The number of benzene rings is 3. The summed E-state index contributed by atoms with van der Waals surface area (Å²) in [5.74, 6) is 4.72. The quantitative estimate of drug-likeness (QED) is 0.518. The lowest BCUT2D eigenvalue weighted by molar-refractivity contribution is 0.468. The van der Waals surface area contributed by atoms with Crippen molar-refractivity contribution in [1.29, 1.82) is 0 Å². The molecule has 4 heteroatoms. The zero-order valence-corrected chi connectivity index (χ0v) is 16.4. The van der Waals surface area contributed by atoms with Gasteiger partial charge in [0.1, 0.15) is 11.5 Å². The third-order valence-corrected chi connectivity index (χ3v) is 6.52. The SMILES string of the molecule is O=P1(NCCc2ccccc2)C=C(c2ccccc2)OC(c2ccccc2)=C1. The average Bonchev–Trinajstić information content (AvgIpc) is 2.75. The fourth-order valence-corrected chi connectivity index (χ4v) is 4.96. The van der Waals surface area contributed by atoms with E-state index in [-0.39, 0.29) is 0 Å². The van der Waals surface area contributed by atoms with Gasteiger partial charge in [0, 0.05) is 29.3 Å². The Labute approximate surface area is 165 Å². The maximum atomic E-state index is 13.6. The molecule has 140 valence electrons. The van der Waals surface area contributed by atoms with Gasteiger partial charge < -0.3 is 4.74 Å². The largest absolute Gasteiger partial charge is 0.456 e. The maximum absolute atomic E-state index is 13.6. The van der Waals surface area contributed by atoms with Gasteiger partial charge in [-0.3, -0.25) is 9.65 Å². The standard InChI is InChI=1S/C24H22NO2P/c26-28(25-17-16-20-10-4-1-5-11-20)18-23(21-12-6-2-7-13-21)27-24(19-28)22-14-8-3-9-15-22/h1-15,18-19H,16-17H2,(H,25,26). The van der Waals surface area contributed by atoms with Crippen LogP contribution in [0.25, 0.3) is 11.5 Å². The molecule has 1 aliphatic rings. The normalized spacial score (nSPS) is 15.3. The van der Waals surface area contributed by atoms with Crippen molar-refractivity contribution in [2.45, 2.75) is 6.42 Å². The van der Waals surface area contributed by atoms with Crippen molar-refractivity contribution < 1.29 is 9.30 Å². The van der Waals surface area contributed by atoms with Crippen LogP contribution in [0.5, 0.6) is 0 Å². The topological polar surface area (TPSA) is 38.3 Å². The van der Waals surface area contributed by atoms with Gasteiger partial charge in [-0.25, -0.2) is 0 Å². The molecule has 1 heterocycles. The van der Waals surface area contributed by atoms with Crippen LogP contribution in [0.4, 0.5) is 0 Å². The van der Waals surface area contributed by atoms with Gasteiger partial charge in [-0.2, -0.15) is 0 Å². The van der Waals surface area contributed by atoms with E-state index in [1.807, 2.05) is 78.9 Å². The third-order valence-electron chi connectivity index (χ3n) is 4.57. The van der Waals surface area contributed by atoms with Crippen LogP contribution in [0, 0.1) is 0 Å². The molecule has 4 rings (SSSR count). The smallest absolute Gasteiger partial charge is 0.198 e. The molecule has 0 aliphatic carbocycles. The summed E-state index contributed by atoms with van der Waals surface area (Å²) < 4.78 is 19.8. The summed E-state index contributed by atoms with van der Waals surface area (Å²) in [5, 5.41) is 3.27. The highest BCUT2D eigenvalue weighted by Gasteiger charge is 2.26. The summed E-state index contributed by atoms with van der Waals surface area (Å²) in [5.41, 5.74) is 3.04. The van der Waals surface area contributed by atoms with Crippen molar-refractivity contribution in [2.75, 3.05) is 6.54 Å². The first-order valence-corrected chi connectivity index (χ1v) is 11.2. The minimum Gasteiger partial charge on any atom is -0.456 e. The van der Waals surface area contributed by atoms with Gasteiger partial charge >= 0.3 is 0 Å². The summed E-state index contributed by atoms with van der Waals surface area (Å²) in [7, 11) is -2.89. The van der Waals surface area contributed by atoms with E-state index in [1.54, 1.807) is 11.6 Å². The molecule has 0 fully saturated rings. The van der Waals surface area contributed by atoms with Gasteiger partial charge in [0.25, 0.3) is 0 Å². The van der Waals surface area contributed by atoms with Gasteiger partial charge in [-0.1, -0.05) is 91.0 Å². The molecule has 3 aromatic rings. The third kappa shape index (κ3) is 4.51. The van der Waals surface area contributed by atoms with E-state index in [0.717, 1.165) is 17.5 Å². The summed E-state index contributed by atoms with van der Waals surface area (Å²) in [6.07, 6.45) is 0.814. The summed E-state index contributed by atoms with van der Waals surface area (Å²) >= 11 is 0. The fourth-order valence-electron chi connectivity index (χ4n) is 3.14. The first kappa shape index (κ1) is 18.5. The van der Waals surface area contributed by atoms with Crippen LogP contribution in [-0.2, 0) is 15.7 Å². The second-order valence-electron chi connectivity index (χ2n) is 6.67. The lowest BCUT2D eigenvalue weighted by Gasteiger charge is -2.23. The second kappa shape index (κ2) is 8.43. The fraction of sp³-hybridized carbons (Fsp3) is 0.0833. The minimum atomic E-state index is -2.89. The van der Waals surface area contributed by atoms with E-state index in [9.17, 15) is 4.57 Å². The van der Waals surface area contributed by atoms with E-state index in [1.165, 1.54) is 5.56 Å². The number of nitrogens with one attached hydrogen (secondary N) is 1. The molecule has 0 amide bonds. The first-order valence-electron chi connectivity index (χ1n) is 9.35. The van der Waals surface area contributed by atoms with Crippen LogP contribution < -0.4 is 5.09 Å². The molecule has 0 saturated carbocycles. The van der Waals surface area contributed by atoms with Crippen molar-refractivity contribution in [1.82, 2.24) is 5.09 Å². The number of rotatable bonds is 6. The predicted octanol–water partition coefficient (Wildman–Crippen LogP) is 6.12. The van der Waals surface area contributed by atoms with Crippen molar-refractivity contribution in [3.63, 3.8) is 0 Å². The molecule has 28 heavy (non-hydrogen) atoms. The van der Waals surface area contributed by atoms with Gasteiger partial charge in [0.05, 0.1) is 0 Å². The Bertz CT molecular complexity index is 968. The van der Waals surface area contributed by atoms with Crippen molar-refractivity contribution in [3.8, 4) is 0 Å². The van der Waals surface area contributed by atoms with Crippen LogP contribution in [0.3, 0.4) is 0 Å². The van der Waals surface area contributed by atoms with Crippen molar-refractivity contribution in [3.05, 3.63) is 119 Å². The first-order chi connectivity index (χ1) is 13.7. The highest BCUT2D eigenvalue weighted by atomic mass is 31.2. The average molecular weight is 387 g/mol. The molecular formula is C24H22NO2P. The van der Waals surface area contributed by atoms with Crippen LogP contribution >= 0.6 is 7.29 Å². The van der Waals surface area contributed by atoms with Crippen LogP contribution in [-0.4, -0.2) is 6.54 Å². The highest BCUT2D eigenvalue weighted by Crippen LogP contribution is 2.53. The highest BCUT2D eigenvalue weighted by molar-refractivity contribution is 7.68. The minimum absolute atomic E-state index is 0.623.